The number of anilines is 1. The molecule has 0 aliphatic heterocycles. The van der Waals surface area contributed by atoms with E-state index in [0.717, 1.165) is 22.7 Å². The van der Waals surface area contributed by atoms with E-state index in [2.05, 4.69) is 11.0 Å². The van der Waals surface area contributed by atoms with Crippen LogP contribution in [0.4, 0.5) is 5.69 Å². The zero-order valence-electron chi connectivity index (χ0n) is 9.84. The van der Waals surface area contributed by atoms with Crippen LogP contribution < -0.4 is 10.6 Å². The third-order valence-corrected chi connectivity index (χ3v) is 2.56. The maximum Gasteiger partial charge on any atom is 0.0459 e. The standard InChI is InChI=1S/C12H19ClN2/c1-12(2,14)8-9-10(13)6-5-7-11(9)15(3)4/h5-7H,8,14H2,1-4H3. The van der Waals surface area contributed by atoms with Gasteiger partial charge in [-0.3, -0.25) is 0 Å². The van der Waals surface area contributed by atoms with Gasteiger partial charge in [0.2, 0.25) is 0 Å². The van der Waals surface area contributed by atoms with Crippen molar-refractivity contribution in [3.05, 3.63) is 28.8 Å². The van der Waals surface area contributed by atoms with E-state index in [1.807, 2.05) is 40.1 Å². The summed E-state index contributed by atoms with van der Waals surface area (Å²) in [6, 6.07) is 5.94. The Balaban J connectivity index is 3.14. The lowest BCUT2D eigenvalue weighted by Gasteiger charge is -2.24. The van der Waals surface area contributed by atoms with E-state index in [1.54, 1.807) is 0 Å². The monoisotopic (exact) mass is 226 g/mol. The van der Waals surface area contributed by atoms with Gasteiger partial charge in [0, 0.05) is 30.3 Å². The first-order chi connectivity index (χ1) is 6.81. The van der Waals surface area contributed by atoms with Gasteiger partial charge in [-0.05, 0) is 38.0 Å². The molecule has 1 aromatic carbocycles. The number of halogens is 1. The molecule has 84 valence electrons. The van der Waals surface area contributed by atoms with Gasteiger partial charge in [-0.15, -0.1) is 0 Å². The number of rotatable bonds is 3. The van der Waals surface area contributed by atoms with Crippen molar-refractivity contribution in [1.29, 1.82) is 0 Å². The summed E-state index contributed by atoms with van der Waals surface area (Å²) in [4.78, 5) is 2.06. The summed E-state index contributed by atoms with van der Waals surface area (Å²) in [6.45, 7) is 4.02. The summed E-state index contributed by atoms with van der Waals surface area (Å²) in [5.41, 5.74) is 8.05. The molecule has 0 aromatic heterocycles. The summed E-state index contributed by atoms with van der Waals surface area (Å²) in [5.74, 6) is 0. The number of hydrogen-bond donors (Lipinski definition) is 1. The molecule has 0 bridgehead atoms. The van der Waals surface area contributed by atoms with Crippen molar-refractivity contribution in [2.24, 2.45) is 5.73 Å². The van der Waals surface area contributed by atoms with Gasteiger partial charge in [-0.1, -0.05) is 17.7 Å². The van der Waals surface area contributed by atoms with Crippen LogP contribution in [0.15, 0.2) is 18.2 Å². The molecule has 1 aromatic rings. The van der Waals surface area contributed by atoms with Gasteiger partial charge in [0.25, 0.3) is 0 Å². The lowest BCUT2D eigenvalue weighted by Crippen LogP contribution is -2.35. The van der Waals surface area contributed by atoms with E-state index in [1.165, 1.54) is 0 Å². The summed E-state index contributed by atoms with van der Waals surface area (Å²) >= 11 is 6.20. The highest BCUT2D eigenvalue weighted by molar-refractivity contribution is 6.31. The number of hydrogen-bond acceptors (Lipinski definition) is 2. The van der Waals surface area contributed by atoms with Crippen LogP contribution in [0.2, 0.25) is 5.02 Å². The van der Waals surface area contributed by atoms with E-state index in [4.69, 9.17) is 17.3 Å². The van der Waals surface area contributed by atoms with Crippen molar-refractivity contribution in [3.8, 4) is 0 Å². The maximum atomic E-state index is 6.20. The SMILES string of the molecule is CN(C)c1cccc(Cl)c1CC(C)(C)N. The molecule has 0 amide bonds. The largest absolute Gasteiger partial charge is 0.377 e. The third kappa shape index (κ3) is 3.40. The molecule has 0 fully saturated rings. The minimum absolute atomic E-state index is 0.240. The number of benzene rings is 1. The van der Waals surface area contributed by atoms with Gasteiger partial charge in [0.1, 0.15) is 0 Å². The molecular weight excluding hydrogens is 208 g/mol. The summed E-state index contributed by atoms with van der Waals surface area (Å²) in [7, 11) is 4.03. The Bertz CT molecular complexity index is 340. The second-order valence-electron chi connectivity index (χ2n) is 4.80. The molecule has 0 aliphatic rings. The fraction of sp³-hybridized carbons (Fsp3) is 0.500. The van der Waals surface area contributed by atoms with Crippen molar-refractivity contribution in [1.82, 2.24) is 0 Å². The Morgan fingerprint density at radius 3 is 2.40 bits per heavy atom. The van der Waals surface area contributed by atoms with Gasteiger partial charge in [0.05, 0.1) is 0 Å². The van der Waals surface area contributed by atoms with E-state index in [-0.39, 0.29) is 5.54 Å². The van der Waals surface area contributed by atoms with Gasteiger partial charge in [0.15, 0.2) is 0 Å². The average Bonchev–Trinajstić information content (AvgIpc) is 2.05. The van der Waals surface area contributed by atoms with E-state index < -0.39 is 0 Å². The summed E-state index contributed by atoms with van der Waals surface area (Å²) in [5, 5.41) is 0.791. The Labute approximate surface area is 97.0 Å². The lowest BCUT2D eigenvalue weighted by molar-refractivity contribution is 0.517. The van der Waals surface area contributed by atoms with Crippen molar-refractivity contribution in [2.75, 3.05) is 19.0 Å². The van der Waals surface area contributed by atoms with Gasteiger partial charge in [-0.2, -0.15) is 0 Å². The molecule has 0 aliphatic carbocycles. The second kappa shape index (κ2) is 4.42. The normalized spacial score (nSPS) is 11.6. The highest BCUT2D eigenvalue weighted by Crippen LogP contribution is 2.29. The van der Waals surface area contributed by atoms with Crippen LogP contribution >= 0.6 is 11.6 Å². The topological polar surface area (TPSA) is 29.3 Å². The molecule has 0 heterocycles. The fourth-order valence-corrected chi connectivity index (χ4v) is 1.83. The molecular formula is C12H19ClN2. The zero-order chi connectivity index (χ0) is 11.6. The molecule has 3 heteroatoms. The maximum absolute atomic E-state index is 6.20. The predicted octanol–water partition coefficient (Wildman–Crippen LogP) is 2.69. The van der Waals surface area contributed by atoms with Crippen molar-refractivity contribution in [3.63, 3.8) is 0 Å². The fourth-order valence-electron chi connectivity index (χ4n) is 1.60. The molecule has 15 heavy (non-hydrogen) atoms. The van der Waals surface area contributed by atoms with Crippen molar-refractivity contribution in [2.45, 2.75) is 25.8 Å². The first-order valence-electron chi connectivity index (χ1n) is 5.05. The first kappa shape index (κ1) is 12.3. The molecule has 2 nitrogen and oxygen atoms in total. The Morgan fingerprint density at radius 2 is 1.93 bits per heavy atom. The number of nitrogens with zero attached hydrogens (tertiary/aromatic N) is 1. The van der Waals surface area contributed by atoms with Crippen LogP contribution in [0.5, 0.6) is 0 Å². The Hall–Kier alpha value is -0.730. The highest BCUT2D eigenvalue weighted by Gasteiger charge is 2.17. The first-order valence-corrected chi connectivity index (χ1v) is 5.42. The van der Waals surface area contributed by atoms with E-state index in [9.17, 15) is 0 Å². The van der Waals surface area contributed by atoms with Crippen LogP contribution in [0.1, 0.15) is 19.4 Å². The molecule has 0 saturated carbocycles. The number of nitrogens with two attached hydrogens (primary N) is 1. The van der Waals surface area contributed by atoms with E-state index in [0.29, 0.717) is 0 Å². The molecule has 0 saturated heterocycles. The van der Waals surface area contributed by atoms with Crippen molar-refractivity contribution < 1.29 is 0 Å². The molecule has 2 N–H and O–H groups in total. The highest BCUT2D eigenvalue weighted by atomic mass is 35.5. The molecule has 1 rings (SSSR count). The van der Waals surface area contributed by atoms with Crippen LogP contribution in [0.3, 0.4) is 0 Å². The van der Waals surface area contributed by atoms with Crippen LogP contribution in [0, 0.1) is 0 Å². The molecule has 0 atom stereocenters. The van der Waals surface area contributed by atoms with Crippen LogP contribution in [0.25, 0.3) is 0 Å². The molecule has 0 radical (unpaired) electrons. The minimum atomic E-state index is -0.240. The van der Waals surface area contributed by atoms with Gasteiger partial charge < -0.3 is 10.6 Å². The van der Waals surface area contributed by atoms with Gasteiger partial charge in [-0.25, -0.2) is 0 Å². The smallest absolute Gasteiger partial charge is 0.0459 e. The quantitative estimate of drug-likeness (QED) is 0.859. The average molecular weight is 227 g/mol. The molecule has 0 unspecified atom stereocenters. The third-order valence-electron chi connectivity index (χ3n) is 2.21. The van der Waals surface area contributed by atoms with Gasteiger partial charge >= 0.3 is 0 Å². The van der Waals surface area contributed by atoms with Crippen LogP contribution in [-0.2, 0) is 6.42 Å². The Kier molecular flexibility index (Phi) is 3.63. The second-order valence-corrected chi connectivity index (χ2v) is 5.20. The minimum Gasteiger partial charge on any atom is -0.377 e. The van der Waals surface area contributed by atoms with Crippen LogP contribution in [-0.4, -0.2) is 19.6 Å². The summed E-state index contributed by atoms with van der Waals surface area (Å²) in [6.07, 6.45) is 0.778. The molecule has 0 spiro atoms. The predicted molar refractivity (Wildman–Crippen MR) is 67.7 cm³/mol. The van der Waals surface area contributed by atoms with Crippen molar-refractivity contribution >= 4 is 17.3 Å². The van der Waals surface area contributed by atoms with E-state index >= 15 is 0 Å². The lowest BCUT2D eigenvalue weighted by atomic mass is 9.95. The Morgan fingerprint density at radius 1 is 1.33 bits per heavy atom. The zero-order valence-corrected chi connectivity index (χ0v) is 10.6. The summed E-state index contributed by atoms with van der Waals surface area (Å²) < 4.78 is 0.